The smallest absolute Gasteiger partial charge is 0.270 e. The molecule has 1 N–H and O–H groups in total. The molecule has 0 spiro atoms. The first-order chi connectivity index (χ1) is 12.6. The van der Waals surface area contributed by atoms with Crippen molar-refractivity contribution in [2.45, 2.75) is 13.0 Å². The van der Waals surface area contributed by atoms with Gasteiger partial charge in [0.15, 0.2) is 0 Å². The Kier molecular flexibility index (Phi) is 4.05. The maximum atomic E-state index is 12.8. The first kappa shape index (κ1) is 16.1. The third-order valence-corrected chi connectivity index (χ3v) is 4.37. The monoisotopic (exact) mass is 345 g/mol. The molecule has 0 unspecified atom stereocenters. The van der Waals surface area contributed by atoms with Gasteiger partial charge in [-0.1, -0.05) is 48.5 Å². The largest absolute Gasteiger partial charge is 0.459 e. The predicted octanol–water partition coefficient (Wildman–Crippen LogP) is 3.99. The van der Waals surface area contributed by atoms with Crippen molar-refractivity contribution in [3.63, 3.8) is 0 Å². The number of hydrogen-bond donors (Lipinski definition) is 1. The second-order valence-electron chi connectivity index (χ2n) is 6.30. The SMILES string of the molecule is Cc1cc(C(=O)N[C@H](c2ccccc2)c2cc3ccccc3o2)n(C)n1. The molecule has 0 radical (unpaired) electrons. The molecule has 130 valence electrons. The van der Waals surface area contributed by atoms with Gasteiger partial charge in [-0.2, -0.15) is 5.10 Å². The van der Waals surface area contributed by atoms with Gasteiger partial charge in [-0.05, 0) is 30.7 Å². The zero-order chi connectivity index (χ0) is 18.1. The number of furan rings is 1. The molecule has 26 heavy (non-hydrogen) atoms. The summed E-state index contributed by atoms with van der Waals surface area (Å²) < 4.78 is 7.61. The lowest BCUT2D eigenvalue weighted by atomic mass is 10.0. The van der Waals surface area contributed by atoms with E-state index in [1.807, 2.05) is 67.6 Å². The molecule has 0 aliphatic rings. The van der Waals surface area contributed by atoms with Gasteiger partial charge in [0, 0.05) is 12.4 Å². The highest BCUT2D eigenvalue weighted by molar-refractivity contribution is 5.93. The Balaban J connectivity index is 1.74. The molecule has 0 saturated heterocycles. The fraction of sp³-hybridized carbons (Fsp3) is 0.143. The van der Waals surface area contributed by atoms with E-state index in [0.29, 0.717) is 11.5 Å². The fourth-order valence-electron chi connectivity index (χ4n) is 3.14. The van der Waals surface area contributed by atoms with E-state index in [-0.39, 0.29) is 11.9 Å². The molecule has 0 aliphatic heterocycles. The number of hydrogen-bond acceptors (Lipinski definition) is 3. The van der Waals surface area contributed by atoms with Gasteiger partial charge in [0.1, 0.15) is 23.1 Å². The molecule has 4 rings (SSSR count). The van der Waals surface area contributed by atoms with Gasteiger partial charge in [0.05, 0.1) is 5.69 Å². The van der Waals surface area contributed by atoms with Crippen LogP contribution in [0.2, 0.25) is 0 Å². The number of nitrogens with one attached hydrogen (secondary N) is 1. The zero-order valence-electron chi connectivity index (χ0n) is 14.6. The van der Waals surface area contributed by atoms with E-state index in [2.05, 4.69) is 10.4 Å². The van der Waals surface area contributed by atoms with Crippen LogP contribution in [0, 0.1) is 6.92 Å². The van der Waals surface area contributed by atoms with Gasteiger partial charge in [-0.25, -0.2) is 0 Å². The average molecular weight is 345 g/mol. The first-order valence-corrected chi connectivity index (χ1v) is 8.47. The van der Waals surface area contributed by atoms with Crippen LogP contribution in [0.5, 0.6) is 0 Å². The minimum Gasteiger partial charge on any atom is -0.459 e. The Morgan fingerprint density at radius 1 is 1.08 bits per heavy atom. The molecule has 0 saturated carbocycles. The number of nitrogens with zero attached hydrogens (tertiary/aromatic N) is 2. The number of benzene rings is 2. The summed E-state index contributed by atoms with van der Waals surface area (Å²) in [4.78, 5) is 12.8. The lowest BCUT2D eigenvalue weighted by Crippen LogP contribution is -2.30. The van der Waals surface area contributed by atoms with E-state index in [0.717, 1.165) is 22.2 Å². The maximum Gasteiger partial charge on any atom is 0.270 e. The van der Waals surface area contributed by atoms with Crippen LogP contribution in [0.1, 0.15) is 33.5 Å². The van der Waals surface area contributed by atoms with E-state index in [1.165, 1.54) is 0 Å². The van der Waals surface area contributed by atoms with E-state index in [1.54, 1.807) is 17.8 Å². The normalized spacial score (nSPS) is 12.2. The Morgan fingerprint density at radius 2 is 1.81 bits per heavy atom. The summed E-state index contributed by atoms with van der Waals surface area (Å²) in [7, 11) is 1.76. The highest BCUT2D eigenvalue weighted by Crippen LogP contribution is 2.28. The average Bonchev–Trinajstić information content (AvgIpc) is 3.22. The summed E-state index contributed by atoms with van der Waals surface area (Å²) in [5.41, 5.74) is 3.07. The zero-order valence-corrected chi connectivity index (χ0v) is 14.6. The van der Waals surface area contributed by atoms with Gasteiger partial charge >= 0.3 is 0 Å². The van der Waals surface area contributed by atoms with Crippen molar-refractivity contribution in [2.75, 3.05) is 0 Å². The van der Waals surface area contributed by atoms with E-state index in [9.17, 15) is 4.79 Å². The summed E-state index contributed by atoms with van der Waals surface area (Å²) >= 11 is 0. The number of para-hydroxylation sites is 1. The van der Waals surface area contributed by atoms with Crippen LogP contribution in [-0.4, -0.2) is 15.7 Å². The molecule has 5 heteroatoms. The Bertz CT molecular complexity index is 1030. The molecule has 0 fully saturated rings. The molecule has 0 bridgehead atoms. The van der Waals surface area contributed by atoms with Crippen LogP contribution in [0.3, 0.4) is 0 Å². The molecule has 5 nitrogen and oxygen atoms in total. The number of aryl methyl sites for hydroxylation is 2. The topological polar surface area (TPSA) is 60.1 Å². The number of carbonyl (C=O) groups excluding carboxylic acids is 1. The number of fused-ring (bicyclic) bond motifs is 1. The quantitative estimate of drug-likeness (QED) is 0.608. The van der Waals surface area contributed by atoms with Crippen molar-refractivity contribution in [3.8, 4) is 0 Å². The second kappa shape index (κ2) is 6.52. The van der Waals surface area contributed by atoms with Crippen LogP contribution in [-0.2, 0) is 7.05 Å². The number of aromatic nitrogens is 2. The number of rotatable bonds is 4. The van der Waals surface area contributed by atoms with E-state index >= 15 is 0 Å². The van der Waals surface area contributed by atoms with Gasteiger partial charge in [0.2, 0.25) is 0 Å². The van der Waals surface area contributed by atoms with Crippen molar-refractivity contribution in [3.05, 3.63) is 89.4 Å². The lowest BCUT2D eigenvalue weighted by Gasteiger charge is -2.17. The molecule has 0 aliphatic carbocycles. The van der Waals surface area contributed by atoms with Gasteiger partial charge in [-0.3, -0.25) is 9.48 Å². The predicted molar refractivity (Wildman–Crippen MR) is 99.9 cm³/mol. The Labute approximate surface area is 151 Å². The van der Waals surface area contributed by atoms with Crippen molar-refractivity contribution in [2.24, 2.45) is 7.05 Å². The van der Waals surface area contributed by atoms with Crippen LogP contribution in [0.15, 0.2) is 71.1 Å². The van der Waals surface area contributed by atoms with Crippen molar-refractivity contribution < 1.29 is 9.21 Å². The summed E-state index contributed by atoms with van der Waals surface area (Å²) in [6.45, 7) is 1.87. The standard InChI is InChI=1S/C21H19N3O2/c1-14-12-17(24(2)23-14)21(25)22-20(15-8-4-3-5-9-15)19-13-16-10-6-7-11-18(16)26-19/h3-13,20H,1-2H3,(H,22,25)/t20-/m1/s1. The number of amides is 1. The van der Waals surface area contributed by atoms with Crippen molar-refractivity contribution >= 4 is 16.9 Å². The molecular formula is C21H19N3O2. The lowest BCUT2D eigenvalue weighted by molar-refractivity contribution is 0.0929. The fourth-order valence-corrected chi connectivity index (χ4v) is 3.14. The van der Waals surface area contributed by atoms with Crippen LogP contribution >= 0.6 is 0 Å². The van der Waals surface area contributed by atoms with E-state index < -0.39 is 0 Å². The van der Waals surface area contributed by atoms with Gasteiger partial charge < -0.3 is 9.73 Å². The molecular weight excluding hydrogens is 326 g/mol. The van der Waals surface area contributed by atoms with Gasteiger partial charge in [0.25, 0.3) is 5.91 Å². The molecule has 2 heterocycles. The minimum absolute atomic E-state index is 0.192. The summed E-state index contributed by atoms with van der Waals surface area (Å²) in [5, 5.41) is 8.35. The minimum atomic E-state index is -0.383. The third kappa shape index (κ3) is 2.99. The molecule has 1 amide bonds. The summed E-state index contributed by atoms with van der Waals surface area (Å²) in [6, 6.07) is 21.0. The molecule has 2 aromatic carbocycles. The van der Waals surface area contributed by atoms with Crippen LogP contribution in [0.25, 0.3) is 11.0 Å². The third-order valence-electron chi connectivity index (χ3n) is 4.37. The number of carbonyl (C=O) groups is 1. The Hall–Kier alpha value is -3.34. The maximum absolute atomic E-state index is 12.8. The second-order valence-corrected chi connectivity index (χ2v) is 6.30. The molecule has 1 atom stereocenters. The molecule has 2 aromatic heterocycles. The van der Waals surface area contributed by atoms with E-state index in [4.69, 9.17) is 4.42 Å². The summed E-state index contributed by atoms with van der Waals surface area (Å²) in [6.07, 6.45) is 0. The molecule has 4 aromatic rings. The van der Waals surface area contributed by atoms with Crippen LogP contribution in [0.4, 0.5) is 0 Å². The first-order valence-electron chi connectivity index (χ1n) is 8.47. The van der Waals surface area contributed by atoms with Crippen molar-refractivity contribution in [1.29, 1.82) is 0 Å². The van der Waals surface area contributed by atoms with Crippen molar-refractivity contribution in [1.82, 2.24) is 15.1 Å². The van der Waals surface area contributed by atoms with Gasteiger partial charge in [-0.15, -0.1) is 0 Å². The summed E-state index contributed by atoms with van der Waals surface area (Å²) in [5.74, 6) is 0.507. The van der Waals surface area contributed by atoms with Crippen LogP contribution < -0.4 is 5.32 Å². The highest BCUT2D eigenvalue weighted by atomic mass is 16.3. The Morgan fingerprint density at radius 3 is 2.50 bits per heavy atom. The highest BCUT2D eigenvalue weighted by Gasteiger charge is 2.23.